The molecule has 0 saturated heterocycles. The Balaban J connectivity index is 1.49. The highest BCUT2D eigenvalue weighted by molar-refractivity contribution is 7.99. The second-order valence-corrected chi connectivity index (χ2v) is 9.00. The van der Waals surface area contributed by atoms with Crippen LogP contribution in [-0.2, 0) is 4.79 Å². The Morgan fingerprint density at radius 3 is 2.43 bits per heavy atom. The molecule has 1 N–H and O–H groups in total. The van der Waals surface area contributed by atoms with Crippen LogP contribution in [0.1, 0.15) is 63.5 Å². The first-order valence-electron chi connectivity index (χ1n) is 10.5. The molecule has 0 unspecified atom stereocenters. The van der Waals surface area contributed by atoms with Crippen molar-refractivity contribution in [3.63, 3.8) is 0 Å². The maximum absolute atomic E-state index is 12.5. The Labute approximate surface area is 183 Å². The van der Waals surface area contributed by atoms with Crippen molar-refractivity contribution in [2.45, 2.75) is 57.6 Å². The molecule has 0 spiro atoms. The Morgan fingerprint density at radius 1 is 1.07 bits per heavy atom. The van der Waals surface area contributed by atoms with Crippen molar-refractivity contribution < 1.29 is 9.21 Å². The fourth-order valence-corrected chi connectivity index (χ4v) is 4.12. The smallest absolute Gasteiger partial charge is 0.256 e. The summed E-state index contributed by atoms with van der Waals surface area (Å²) in [5.74, 6) is 1.53. The first kappa shape index (κ1) is 22.2. The summed E-state index contributed by atoms with van der Waals surface area (Å²) >= 11 is 1.61. The lowest BCUT2D eigenvalue weighted by molar-refractivity contribution is -0.111. The quantitative estimate of drug-likeness (QED) is 0.226. The van der Waals surface area contributed by atoms with Gasteiger partial charge in [0.05, 0.1) is 0 Å². The van der Waals surface area contributed by atoms with Gasteiger partial charge in [-0.2, -0.15) is 0 Å². The first-order chi connectivity index (χ1) is 14.5. The number of allylic oxidation sites excluding steroid dienone is 1. The van der Waals surface area contributed by atoms with Gasteiger partial charge < -0.3 is 9.73 Å². The number of amides is 1. The number of carbonyl (C=O) groups is 1. The summed E-state index contributed by atoms with van der Waals surface area (Å²) in [6.07, 6.45) is 5.37. The number of hydrogen-bond acceptors (Lipinski definition) is 4. The number of oxazole rings is 1. The van der Waals surface area contributed by atoms with E-state index in [1.165, 1.54) is 11.1 Å². The van der Waals surface area contributed by atoms with Gasteiger partial charge in [-0.3, -0.25) is 4.79 Å². The normalized spacial score (nSPS) is 11.8. The van der Waals surface area contributed by atoms with Gasteiger partial charge in [0, 0.05) is 11.4 Å². The minimum Gasteiger partial charge on any atom is -0.431 e. The van der Waals surface area contributed by atoms with E-state index in [2.05, 4.69) is 56.2 Å². The lowest BCUT2D eigenvalue weighted by Gasteiger charge is -2.19. The lowest BCUT2D eigenvalue weighted by Crippen LogP contribution is -2.13. The van der Waals surface area contributed by atoms with Crippen LogP contribution in [0, 0.1) is 0 Å². The molecule has 0 saturated carbocycles. The van der Waals surface area contributed by atoms with Gasteiger partial charge in [-0.1, -0.05) is 75.9 Å². The summed E-state index contributed by atoms with van der Waals surface area (Å²) in [7, 11) is 0. The molecule has 0 radical (unpaired) electrons. The molecule has 3 rings (SSSR count). The van der Waals surface area contributed by atoms with Crippen molar-refractivity contribution in [3.8, 4) is 0 Å². The average Bonchev–Trinajstić information content (AvgIpc) is 3.13. The molecule has 30 heavy (non-hydrogen) atoms. The molecule has 0 fully saturated rings. The van der Waals surface area contributed by atoms with Crippen molar-refractivity contribution >= 4 is 34.5 Å². The lowest BCUT2D eigenvalue weighted by atomic mass is 9.92. The molecule has 5 heteroatoms. The standard InChI is InChI=1S/C25H30N2O2S/c1-17(2)19-11-10-12-20(18(3)4)24(19)27-23(28)15-6-5-9-16-30-25-26-21-13-7-8-14-22(21)29-25/h6-8,10-15,17-18H,5,9,16H2,1-4H3,(H,27,28)/b15-6+. The molecule has 0 aliphatic heterocycles. The number of unbranched alkanes of at least 4 members (excludes halogenated alkanes) is 1. The van der Waals surface area contributed by atoms with Gasteiger partial charge >= 0.3 is 0 Å². The molecule has 0 bridgehead atoms. The summed E-state index contributed by atoms with van der Waals surface area (Å²) in [6, 6.07) is 14.0. The van der Waals surface area contributed by atoms with Crippen LogP contribution in [0.2, 0.25) is 0 Å². The number of hydrogen-bond donors (Lipinski definition) is 1. The SMILES string of the molecule is CC(C)c1cccc(C(C)C)c1NC(=O)/C=C/CCCSc1nc2ccccc2o1. The van der Waals surface area contributed by atoms with E-state index in [1.54, 1.807) is 17.8 Å². The first-order valence-corrected chi connectivity index (χ1v) is 11.5. The van der Waals surface area contributed by atoms with Crippen LogP contribution < -0.4 is 5.32 Å². The summed E-state index contributed by atoms with van der Waals surface area (Å²) in [5.41, 5.74) is 5.03. The number of nitrogens with one attached hydrogen (secondary N) is 1. The van der Waals surface area contributed by atoms with E-state index in [1.807, 2.05) is 30.3 Å². The largest absolute Gasteiger partial charge is 0.431 e. The van der Waals surface area contributed by atoms with Gasteiger partial charge in [0.25, 0.3) is 5.22 Å². The minimum absolute atomic E-state index is 0.0726. The number of anilines is 1. The summed E-state index contributed by atoms with van der Waals surface area (Å²) in [5, 5.41) is 3.82. The molecule has 4 nitrogen and oxygen atoms in total. The van der Waals surface area contributed by atoms with Crippen LogP contribution in [0.5, 0.6) is 0 Å². The summed E-state index contributed by atoms with van der Waals surface area (Å²) in [4.78, 5) is 17.0. The predicted octanol–water partition coefficient (Wildman–Crippen LogP) is 7.14. The molecule has 1 amide bonds. The second kappa shape index (κ2) is 10.5. The zero-order chi connectivity index (χ0) is 21.5. The molecule has 1 heterocycles. The van der Waals surface area contributed by atoms with Gasteiger partial charge in [0.1, 0.15) is 5.52 Å². The fraction of sp³-hybridized carbons (Fsp3) is 0.360. The third-order valence-electron chi connectivity index (χ3n) is 4.91. The van der Waals surface area contributed by atoms with Crippen molar-refractivity contribution in [1.29, 1.82) is 0 Å². The van der Waals surface area contributed by atoms with Crippen LogP contribution >= 0.6 is 11.8 Å². The number of nitrogens with zero attached hydrogens (tertiary/aromatic N) is 1. The molecule has 1 aromatic heterocycles. The van der Waals surface area contributed by atoms with Gasteiger partial charge in [-0.15, -0.1) is 0 Å². The average molecular weight is 423 g/mol. The Bertz CT molecular complexity index is 962. The molecular weight excluding hydrogens is 392 g/mol. The van der Waals surface area contributed by atoms with E-state index in [4.69, 9.17) is 4.42 Å². The monoisotopic (exact) mass is 422 g/mol. The molecule has 0 aliphatic carbocycles. The molecule has 2 aromatic carbocycles. The van der Waals surface area contributed by atoms with Gasteiger partial charge in [-0.25, -0.2) is 4.98 Å². The highest BCUT2D eigenvalue weighted by atomic mass is 32.2. The Morgan fingerprint density at radius 2 is 1.77 bits per heavy atom. The highest BCUT2D eigenvalue weighted by Gasteiger charge is 2.14. The van der Waals surface area contributed by atoms with Gasteiger partial charge in [-0.05, 0) is 54.0 Å². The van der Waals surface area contributed by atoms with Crippen molar-refractivity contribution in [2.24, 2.45) is 0 Å². The number of fused-ring (bicyclic) bond motifs is 1. The van der Waals surface area contributed by atoms with E-state index in [0.717, 1.165) is 35.4 Å². The molecule has 3 aromatic rings. The predicted molar refractivity (Wildman–Crippen MR) is 126 cm³/mol. The zero-order valence-corrected chi connectivity index (χ0v) is 19.0. The number of benzene rings is 2. The highest BCUT2D eigenvalue weighted by Crippen LogP contribution is 2.32. The van der Waals surface area contributed by atoms with Crippen molar-refractivity contribution in [2.75, 3.05) is 11.1 Å². The van der Waals surface area contributed by atoms with E-state index < -0.39 is 0 Å². The van der Waals surface area contributed by atoms with Crippen molar-refractivity contribution in [1.82, 2.24) is 4.98 Å². The van der Waals surface area contributed by atoms with Crippen LogP contribution in [-0.4, -0.2) is 16.6 Å². The topological polar surface area (TPSA) is 55.1 Å². The minimum atomic E-state index is -0.0726. The van der Waals surface area contributed by atoms with Crippen molar-refractivity contribution in [3.05, 3.63) is 65.7 Å². The Hall–Kier alpha value is -2.53. The number of thioether (sulfide) groups is 1. The summed E-state index contributed by atoms with van der Waals surface area (Å²) in [6.45, 7) is 8.61. The van der Waals surface area contributed by atoms with Crippen LogP contribution in [0.15, 0.2) is 64.3 Å². The van der Waals surface area contributed by atoms with E-state index in [0.29, 0.717) is 17.1 Å². The third kappa shape index (κ3) is 5.76. The van der Waals surface area contributed by atoms with E-state index >= 15 is 0 Å². The number of carbonyl (C=O) groups excluding carboxylic acids is 1. The van der Waals surface area contributed by atoms with Gasteiger partial charge in [0.2, 0.25) is 5.91 Å². The van der Waals surface area contributed by atoms with Crippen LogP contribution in [0.3, 0.4) is 0 Å². The second-order valence-electron chi connectivity index (χ2n) is 7.95. The summed E-state index contributed by atoms with van der Waals surface area (Å²) < 4.78 is 5.71. The number of aromatic nitrogens is 1. The maximum atomic E-state index is 12.5. The van der Waals surface area contributed by atoms with Gasteiger partial charge in [0.15, 0.2) is 5.58 Å². The molecule has 158 valence electrons. The maximum Gasteiger partial charge on any atom is 0.256 e. The van der Waals surface area contributed by atoms with Crippen LogP contribution in [0.4, 0.5) is 5.69 Å². The zero-order valence-electron chi connectivity index (χ0n) is 18.1. The molecular formula is C25H30N2O2S. The molecule has 0 atom stereocenters. The Kier molecular flexibility index (Phi) is 7.75. The van der Waals surface area contributed by atoms with Crippen LogP contribution in [0.25, 0.3) is 11.1 Å². The number of para-hydroxylation sites is 3. The number of rotatable bonds is 9. The van der Waals surface area contributed by atoms with E-state index in [-0.39, 0.29) is 5.91 Å². The fourth-order valence-electron chi connectivity index (χ4n) is 3.32. The van der Waals surface area contributed by atoms with E-state index in [9.17, 15) is 4.79 Å². The third-order valence-corrected chi connectivity index (χ3v) is 5.82. The molecule has 0 aliphatic rings.